The molecule has 4 heterocycles. The number of hydrogen-bond acceptors (Lipinski definition) is 9. The van der Waals surface area contributed by atoms with E-state index in [0.29, 0.717) is 36.6 Å². The molecule has 0 saturated heterocycles. The lowest BCUT2D eigenvalue weighted by Gasteiger charge is -2.31. The van der Waals surface area contributed by atoms with Crippen LogP contribution in [0.1, 0.15) is 32.9 Å². The number of aromatic nitrogens is 3. The molecule has 0 unspecified atom stereocenters. The number of ether oxygens (including phenoxy) is 1. The maximum absolute atomic E-state index is 13.6. The molecule has 2 amide bonds. The summed E-state index contributed by atoms with van der Waals surface area (Å²) in [4.78, 5) is 48.4. The summed E-state index contributed by atoms with van der Waals surface area (Å²) < 4.78 is 11.6. The van der Waals surface area contributed by atoms with Gasteiger partial charge in [0.05, 0.1) is 18.6 Å². The zero-order valence-corrected chi connectivity index (χ0v) is 22.0. The first-order valence-electron chi connectivity index (χ1n) is 12.7. The number of furan rings is 1. The largest absolute Gasteiger partial charge is 0.459 e. The Morgan fingerprint density at radius 2 is 1.90 bits per heavy atom. The molecule has 3 aromatic heterocycles. The molecule has 0 atom stereocenters. The van der Waals surface area contributed by atoms with Gasteiger partial charge in [0, 0.05) is 54.4 Å². The van der Waals surface area contributed by atoms with Crippen LogP contribution in [-0.4, -0.2) is 51.4 Å². The zero-order valence-electron chi connectivity index (χ0n) is 22.0. The van der Waals surface area contributed by atoms with Gasteiger partial charge in [0.2, 0.25) is 5.95 Å². The van der Waals surface area contributed by atoms with Crippen molar-refractivity contribution in [2.45, 2.75) is 26.8 Å². The first-order chi connectivity index (χ1) is 19.3. The van der Waals surface area contributed by atoms with Crippen molar-refractivity contribution >= 4 is 29.3 Å². The number of aryl methyl sites for hydroxylation is 2. The summed E-state index contributed by atoms with van der Waals surface area (Å²) in [5, 5.41) is 14.0. The van der Waals surface area contributed by atoms with Gasteiger partial charge in [-0.25, -0.2) is 14.8 Å². The van der Waals surface area contributed by atoms with Crippen LogP contribution in [0.15, 0.2) is 64.3 Å². The van der Waals surface area contributed by atoms with Crippen molar-refractivity contribution in [2.24, 2.45) is 0 Å². The highest BCUT2D eigenvalue weighted by molar-refractivity contribution is 6.03. The molecule has 1 aromatic carbocycles. The van der Waals surface area contributed by atoms with E-state index in [2.05, 4.69) is 20.6 Å². The SMILES string of the molecule is Cc1ccoc1C(=O)Nc1ccc(-n2ccc(C)c(N3CCc4nc(NC(=O)OCCO)ncc4C3)c2=O)cc1. The average Bonchev–Trinajstić information content (AvgIpc) is 3.38. The van der Waals surface area contributed by atoms with E-state index in [1.165, 1.54) is 6.26 Å². The second kappa shape index (κ2) is 11.4. The van der Waals surface area contributed by atoms with Gasteiger partial charge < -0.3 is 24.5 Å². The van der Waals surface area contributed by atoms with Crippen molar-refractivity contribution in [3.63, 3.8) is 0 Å². The van der Waals surface area contributed by atoms with E-state index >= 15 is 0 Å². The molecule has 0 aliphatic carbocycles. The summed E-state index contributed by atoms with van der Waals surface area (Å²) >= 11 is 0. The molecule has 40 heavy (non-hydrogen) atoms. The average molecular weight is 545 g/mol. The summed E-state index contributed by atoms with van der Waals surface area (Å²) in [6, 6.07) is 10.6. The third-order valence-corrected chi connectivity index (χ3v) is 6.53. The minimum Gasteiger partial charge on any atom is -0.459 e. The molecule has 0 bridgehead atoms. The van der Waals surface area contributed by atoms with Crippen molar-refractivity contribution in [2.75, 3.05) is 35.3 Å². The van der Waals surface area contributed by atoms with Gasteiger partial charge >= 0.3 is 6.09 Å². The maximum Gasteiger partial charge on any atom is 0.414 e. The molecule has 0 fully saturated rings. The quantitative estimate of drug-likeness (QED) is 0.318. The molecule has 3 N–H and O–H groups in total. The monoisotopic (exact) mass is 544 g/mol. The second-order valence-electron chi connectivity index (χ2n) is 9.28. The van der Waals surface area contributed by atoms with Gasteiger partial charge in [-0.2, -0.15) is 0 Å². The summed E-state index contributed by atoms with van der Waals surface area (Å²) in [5.41, 5.74) is 4.85. The van der Waals surface area contributed by atoms with Crippen molar-refractivity contribution in [3.05, 3.63) is 93.6 Å². The van der Waals surface area contributed by atoms with Crippen LogP contribution in [0.3, 0.4) is 0 Å². The number of benzene rings is 1. The molecule has 1 aliphatic heterocycles. The first-order valence-corrected chi connectivity index (χ1v) is 12.7. The number of hydrogen-bond donors (Lipinski definition) is 3. The summed E-state index contributed by atoms with van der Waals surface area (Å²) in [7, 11) is 0. The lowest BCUT2D eigenvalue weighted by atomic mass is 10.1. The molecule has 206 valence electrons. The number of carbonyl (C=O) groups excluding carboxylic acids is 2. The number of amides is 2. The van der Waals surface area contributed by atoms with Gasteiger partial charge in [-0.05, 0) is 55.8 Å². The van der Waals surface area contributed by atoms with Crippen LogP contribution in [0.2, 0.25) is 0 Å². The van der Waals surface area contributed by atoms with E-state index in [0.717, 1.165) is 22.4 Å². The van der Waals surface area contributed by atoms with Gasteiger partial charge in [-0.15, -0.1) is 0 Å². The normalized spacial score (nSPS) is 12.5. The van der Waals surface area contributed by atoms with Crippen LogP contribution < -0.4 is 21.1 Å². The highest BCUT2D eigenvalue weighted by atomic mass is 16.6. The molecule has 12 nitrogen and oxygen atoms in total. The Hall–Kier alpha value is -4.97. The number of aliphatic hydroxyl groups excluding tert-OH is 1. The predicted octanol–water partition coefficient (Wildman–Crippen LogP) is 3.19. The lowest BCUT2D eigenvalue weighted by Crippen LogP contribution is -2.37. The van der Waals surface area contributed by atoms with Crippen LogP contribution in [0.4, 0.5) is 22.1 Å². The molecule has 0 radical (unpaired) electrons. The Labute approximate surface area is 229 Å². The maximum atomic E-state index is 13.6. The number of carbonyl (C=O) groups is 2. The third kappa shape index (κ3) is 5.57. The third-order valence-electron chi connectivity index (χ3n) is 6.53. The predicted molar refractivity (Wildman–Crippen MR) is 147 cm³/mol. The van der Waals surface area contributed by atoms with Crippen molar-refractivity contribution in [1.29, 1.82) is 0 Å². The van der Waals surface area contributed by atoms with E-state index in [1.54, 1.807) is 54.2 Å². The summed E-state index contributed by atoms with van der Waals surface area (Å²) in [6.45, 7) is 4.28. The minimum atomic E-state index is -0.741. The number of aliphatic hydroxyl groups is 1. The Balaban J connectivity index is 1.32. The van der Waals surface area contributed by atoms with Crippen LogP contribution in [0, 0.1) is 13.8 Å². The van der Waals surface area contributed by atoms with E-state index in [-0.39, 0.29) is 36.4 Å². The standard InChI is InChI=1S/C28H28N6O6/c1-17-7-11-34(21-5-3-20(4-6-21)30-25(36)24-18(2)9-13-39-24)26(37)23(17)33-10-8-22-19(16-33)15-29-27(31-22)32-28(38)40-14-12-35/h3-7,9,11,13,15,35H,8,10,12,14,16H2,1-2H3,(H,30,36)(H,29,31,32,38). The fraction of sp³-hybridized carbons (Fsp3) is 0.250. The summed E-state index contributed by atoms with van der Waals surface area (Å²) in [6.07, 6.45) is 4.64. The van der Waals surface area contributed by atoms with E-state index in [9.17, 15) is 14.4 Å². The fourth-order valence-corrected chi connectivity index (χ4v) is 4.54. The highest BCUT2D eigenvalue weighted by Crippen LogP contribution is 2.25. The zero-order chi connectivity index (χ0) is 28.2. The molecular weight excluding hydrogens is 516 g/mol. The van der Waals surface area contributed by atoms with E-state index in [4.69, 9.17) is 14.3 Å². The smallest absolute Gasteiger partial charge is 0.414 e. The van der Waals surface area contributed by atoms with Crippen molar-refractivity contribution < 1.29 is 23.8 Å². The summed E-state index contributed by atoms with van der Waals surface area (Å²) in [5.74, 6) is 0.0290. The van der Waals surface area contributed by atoms with Crippen LogP contribution >= 0.6 is 0 Å². The number of nitrogens with one attached hydrogen (secondary N) is 2. The number of nitrogens with zero attached hydrogens (tertiary/aromatic N) is 4. The Bertz CT molecular complexity index is 1610. The molecule has 0 spiro atoms. The van der Waals surface area contributed by atoms with Crippen LogP contribution in [0.5, 0.6) is 0 Å². The Kier molecular flexibility index (Phi) is 7.60. The number of rotatable bonds is 7. The molecule has 4 aromatic rings. The molecule has 0 saturated carbocycles. The Morgan fingerprint density at radius 1 is 1.10 bits per heavy atom. The van der Waals surface area contributed by atoms with Gasteiger partial charge in [0.15, 0.2) is 5.76 Å². The Morgan fingerprint density at radius 3 is 2.62 bits per heavy atom. The van der Waals surface area contributed by atoms with Crippen molar-refractivity contribution in [1.82, 2.24) is 14.5 Å². The fourth-order valence-electron chi connectivity index (χ4n) is 4.54. The number of fused-ring (bicyclic) bond motifs is 1. The van der Waals surface area contributed by atoms with Gasteiger partial charge in [0.1, 0.15) is 12.3 Å². The molecule has 5 rings (SSSR count). The van der Waals surface area contributed by atoms with Gasteiger partial charge in [-0.1, -0.05) is 0 Å². The van der Waals surface area contributed by atoms with Gasteiger partial charge in [0.25, 0.3) is 11.5 Å². The number of anilines is 3. The topological polar surface area (TPSA) is 152 Å². The first kappa shape index (κ1) is 26.6. The molecular formula is C28H28N6O6. The minimum absolute atomic E-state index is 0.118. The molecule has 12 heteroatoms. The lowest BCUT2D eigenvalue weighted by molar-refractivity contribution is 0.0995. The van der Waals surface area contributed by atoms with E-state index in [1.807, 2.05) is 17.9 Å². The van der Waals surface area contributed by atoms with Gasteiger partial charge in [-0.3, -0.25) is 19.5 Å². The number of pyridine rings is 1. The van der Waals surface area contributed by atoms with Crippen molar-refractivity contribution in [3.8, 4) is 5.69 Å². The molecule has 1 aliphatic rings. The van der Waals surface area contributed by atoms with Crippen LogP contribution in [0.25, 0.3) is 5.69 Å². The van der Waals surface area contributed by atoms with E-state index < -0.39 is 6.09 Å². The second-order valence-corrected chi connectivity index (χ2v) is 9.28. The van der Waals surface area contributed by atoms with Crippen LogP contribution in [-0.2, 0) is 17.7 Å². The highest BCUT2D eigenvalue weighted by Gasteiger charge is 2.23.